The molecule has 18 heavy (non-hydrogen) atoms. The molecule has 2 amide bonds. The highest BCUT2D eigenvalue weighted by Crippen LogP contribution is 2.17. The molecule has 0 spiro atoms. The van der Waals surface area contributed by atoms with E-state index >= 15 is 0 Å². The SMILES string of the molecule is CNC(=O)C[NH2+]CC(=O)Nc1c(F)cccc1F. The lowest BCUT2D eigenvalue weighted by Gasteiger charge is -2.06. The third-order valence-electron chi connectivity index (χ3n) is 2.17. The maximum atomic E-state index is 13.2. The Morgan fingerprint density at radius 2 is 1.72 bits per heavy atom. The number of anilines is 1. The largest absolute Gasteiger partial charge is 0.354 e. The van der Waals surface area contributed by atoms with Gasteiger partial charge < -0.3 is 16.0 Å². The number of amides is 2. The number of nitrogens with one attached hydrogen (secondary N) is 2. The normalized spacial score (nSPS) is 9.94. The molecule has 0 heterocycles. The zero-order valence-corrected chi connectivity index (χ0v) is 9.80. The molecule has 0 radical (unpaired) electrons. The number of benzene rings is 1. The number of para-hydroxylation sites is 1. The van der Waals surface area contributed by atoms with E-state index < -0.39 is 23.2 Å². The molecule has 0 atom stereocenters. The van der Waals surface area contributed by atoms with Gasteiger partial charge in [-0.1, -0.05) is 6.07 Å². The maximum Gasteiger partial charge on any atom is 0.279 e. The van der Waals surface area contributed by atoms with Crippen molar-refractivity contribution in [3.05, 3.63) is 29.8 Å². The molecule has 0 unspecified atom stereocenters. The zero-order valence-electron chi connectivity index (χ0n) is 9.80. The molecular formula is C11H14F2N3O2+. The molecule has 0 aromatic heterocycles. The van der Waals surface area contributed by atoms with Gasteiger partial charge in [-0.3, -0.25) is 9.59 Å². The molecule has 7 heteroatoms. The number of likely N-dealkylation sites (N-methyl/N-ethyl adjacent to an activating group) is 1. The van der Waals surface area contributed by atoms with E-state index in [2.05, 4.69) is 10.6 Å². The standard InChI is InChI=1S/C11H13F2N3O2/c1-14-9(17)5-15-6-10(18)16-11-7(12)3-2-4-8(11)13/h2-4,15H,5-6H2,1H3,(H,14,17)(H,16,18)/p+1. The number of rotatable bonds is 5. The summed E-state index contributed by atoms with van der Waals surface area (Å²) >= 11 is 0. The Hall–Kier alpha value is -2.02. The predicted molar refractivity (Wildman–Crippen MR) is 60.7 cm³/mol. The molecule has 5 nitrogen and oxygen atoms in total. The Kier molecular flexibility index (Phi) is 5.19. The van der Waals surface area contributed by atoms with Crippen molar-refractivity contribution >= 4 is 17.5 Å². The Labute approximate surface area is 103 Å². The van der Waals surface area contributed by atoms with Gasteiger partial charge in [0.25, 0.3) is 11.8 Å². The molecule has 4 N–H and O–H groups in total. The van der Waals surface area contributed by atoms with Gasteiger partial charge in [-0.05, 0) is 12.1 Å². The van der Waals surface area contributed by atoms with Crippen molar-refractivity contribution in [3.63, 3.8) is 0 Å². The minimum atomic E-state index is -0.838. The molecule has 1 rings (SSSR count). The van der Waals surface area contributed by atoms with Gasteiger partial charge >= 0.3 is 0 Å². The summed E-state index contributed by atoms with van der Waals surface area (Å²) in [6, 6.07) is 3.30. The quantitative estimate of drug-likeness (QED) is 0.647. The van der Waals surface area contributed by atoms with Gasteiger partial charge in [0, 0.05) is 7.05 Å². The lowest BCUT2D eigenvalue weighted by molar-refractivity contribution is -0.632. The van der Waals surface area contributed by atoms with E-state index in [4.69, 9.17) is 0 Å². The molecule has 0 fully saturated rings. The summed E-state index contributed by atoms with van der Waals surface area (Å²) in [5, 5.41) is 5.93. The van der Waals surface area contributed by atoms with Gasteiger partial charge in [0.05, 0.1) is 0 Å². The molecular weight excluding hydrogens is 244 g/mol. The van der Waals surface area contributed by atoms with E-state index in [-0.39, 0.29) is 19.0 Å². The van der Waals surface area contributed by atoms with Crippen LogP contribution in [-0.2, 0) is 9.59 Å². The van der Waals surface area contributed by atoms with Crippen LogP contribution in [0.15, 0.2) is 18.2 Å². The molecule has 0 saturated heterocycles. The number of carbonyl (C=O) groups excluding carboxylic acids is 2. The second-order valence-corrected chi connectivity index (χ2v) is 3.51. The number of quaternary nitrogens is 1. The Morgan fingerprint density at radius 1 is 1.17 bits per heavy atom. The Morgan fingerprint density at radius 3 is 2.28 bits per heavy atom. The van der Waals surface area contributed by atoms with Crippen molar-refractivity contribution in [2.75, 3.05) is 25.5 Å². The molecule has 1 aromatic carbocycles. The van der Waals surface area contributed by atoms with E-state index in [0.717, 1.165) is 12.1 Å². The minimum Gasteiger partial charge on any atom is -0.354 e. The van der Waals surface area contributed by atoms with Gasteiger partial charge in [-0.2, -0.15) is 0 Å². The number of nitrogens with two attached hydrogens (primary N) is 1. The van der Waals surface area contributed by atoms with Crippen LogP contribution >= 0.6 is 0 Å². The predicted octanol–water partition coefficient (Wildman–Crippen LogP) is -0.787. The maximum absolute atomic E-state index is 13.2. The second-order valence-electron chi connectivity index (χ2n) is 3.51. The number of hydrogen-bond donors (Lipinski definition) is 3. The number of carbonyl (C=O) groups is 2. The average molecular weight is 258 g/mol. The number of hydrogen-bond acceptors (Lipinski definition) is 2. The van der Waals surface area contributed by atoms with E-state index in [1.807, 2.05) is 0 Å². The molecule has 0 saturated carbocycles. The summed E-state index contributed by atoms with van der Waals surface area (Å²) in [5.41, 5.74) is -0.476. The van der Waals surface area contributed by atoms with Crippen LogP contribution in [0.5, 0.6) is 0 Å². The highest BCUT2D eigenvalue weighted by molar-refractivity contribution is 5.91. The van der Waals surface area contributed by atoms with Crippen molar-refractivity contribution < 1.29 is 23.7 Å². The fraction of sp³-hybridized carbons (Fsp3) is 0.273. The summed E-state index contributed by atoms with van der Waals surface area (Å²) in [7, 11) is 1.48. The van der Waals surface area contributed by atoms with Crippen molar-refractivity contribution in [1.82, 2.24) is 5.32 Å². The summed E-state index contributed by atoms with van der Waals surface area (Å²) in [4.78, 5) is 22.2. The Bertz CT molecular complexity index is 432. The van der Waals surface area contributed by atoms with E-state index in [0.29, 0.717) is 0 Å². The van der Waals surface area contributed by atoms with Crippen LogP contribution in [0, 0.1) is 11.6 Å². The van der Waals surface area contributed by atoms with Gasteiger partial charge in [0.1, 0.15) is 17.3 Å². The van der Waals surface area contributed by atoms with Crippen LogP contribution in [0.3, 0.4) is 0 Å². The molecule has 0 bridgehead atoms. The first-order valence-corrected chi connectivity index (χ1v) is 5.30. The lowest BCUT2D eigenvalue weighted by Crippen LogP contribution is -2.88. The van der Waals surface area contributed by atoms with Crippen LogP contribution < -0.4 is 16.0 Å². The van der Waals surface area contributed by atoms with E-state index in [1.54, 1.807) is 0 Å². The molecule has 0 aliphatic heterocycles. The first kappa shape index (κ1) is 14.0. The first-order valence-electron chi connectivity index (χ1n) is 5.30. The summed E-state index contributed by atoms with van der Waals surface area (Å²) in [5.74, 6) is -2.49. The molecule has 0 aliphatic carbocycles. The Balaban J connectivity index is 2.47. The van der Waals surface area contributed by atoms with Crippen molar-refractivity contribution in [3.8, 4) is 0 Å². The fourth-order valence-corrected chi connectivity index (χ4v) is 1.24. The molecule has 98 valence electrons. The minimum absolute atomic E-state index is 0.0731. The monoisotopic (exact) mass is 258 g/mol. The van der Waals surface area contributed by atoms with Gasteiger partial charge in [-0.25, -0.2) is 8.78 Å². The van der Waals surface area contributed by atoms with Crippen LogP contribution in [0.4, 0.5) is 14.5 Å². The second kappa shape index (κ2) is 6.65. The highest BCUT2D eigenvalue weighted by atomic mass is 19.1. The van der Waals surface area contributed by atoms with Crippen molar-refractivity contribution in [1.29, 1.82) is 0 Å². The summed E-state index contributed by atoms with van der Waals surface area (Å²) < 4.78 is 26.4. The fourth-order valence-electron chi connectivity index (χ4n) is 1.24. The topological polar surface area (TPSA) is 74.8 Å². The van der Waals surface area contributed by atoms with Crippen LogP contribution in [0.2, 0.25) is 0 Å². The van der Waals surface area contributed by atoms with Gasteiger partial charge in [-0.15, -0.1) is 0 Å². The van der Waals surface area contributed by atoms with Crippen LogP contribution in [0.1, 0.15) is 0 Å². The molecule has 0 aliphatic rings. The van der Waals surface area contributed by atoms with Crippen molar-refractivity contribution in [2.45, 2.75) is 0 Å². The van der Waals surface area contributed by atoms with E-state index in [1.165, 1.54) is 18.4 Å². The van der Waals surface area contributed by atoms with Gasteiger partial charge in [0.2, 0.25) is 0 Å². The summed E-state index contributed by atoms with van der Waals surface area (Å²) in [6.07, 6.45) is 0. The third-order valence-corrected chi connectivity index (χ3v) is 2.17. The smallest absolute Gasteiger partial charge is 0.279 e. The molecule has 1 aromatic rings. The first-order chi connectivity index (χ1) is 8.54. The lowest BCUT2D eigenvalue weighted by atomic mass is 10.3. The van der Waals surface area contributed by atoms with Crippen LogP contribution in [-0.4, -0.2) is 32.0 Å². The number of halogens is 2. The third kappa shape index (κ3) is 4.10. The van der Waals surface area contributed by atoms with Crippen LogP contribution in [0.25, 0.3) is 0 Å². The zero-order chi connectivity index (χ0) is 13.5. The highest BCUT2D eigenvalue weighted by Gasteiger charge is 2.13. The van der Waals surface area contributed by atoms with Crippen molar-refractivity contribution in [2.24, 2.45) is 0 Å². The van der Waals surface area contributed by atoms with E-state index in [9.17, 15) is 18.4 Å². The van der Waals surface area contributed by atoms with Gasteiger partial charge in [0.15, 0.2) is 13.1 Å². The average Bonchev–Trinajstić information content (AvgIpc) is 2.34. The summed E-state index contributed by atoms with van der Waals surface area (Å²) in [6.45, 7) is -0.0229.